The van der Waals surface area contributed by atoms with Gasteiger partial charge in [0.2, 0.25) is 0 Å². The molecular formula is C17H24N4O6. The van der Waals surface area contributed by atoms with Crippen molar-refractivity contribution in [2.24, 2.45) is 0 Å². The minimum absolute atomic E-state index is 0.333. The van der Waals surface area contributed by atoms with Crippen molar-refractivity contribution in [3.8, 4) is 0 Å². The first-order valence-corrected chi connectivity index (χ1v) is 8.85. The number of aliphatic hydroxyl groups is 2. The average molecular weight is 380 g/mol. The van der Waals surface area contributed by atoms with Gasteiger partial charge >= 0.3 is 5.69 Å². The van der Waals surface area contributed by atoms with E-state index in [4.69, 9.17) is 9.47 Å². The van der Waals surface area contributed by atoms with Gasteiger partial charge in [0.1, 0.15) is 18.3 Å². The highest BCUT2D eigenvalue weighted by Crippen LogP contribution is 2.30. The molecule has 3 rings (SSSR count). The van der Waals surface area contributed by atoms with Crippen molar-refractivity contribution < 1.29 is 19.7 Å². The SMILES string of the molecule is Cc1cn([C@@H]2O[C@H](CO)[C@@H](O)[C@H]2OCCCCn2ccnc2)c(=O)[nH]c1=O. The second-order valence-electron chi connectivity index (χ2n) is 6.56. The molecule has 3 N–H and O–H groups in total. The van der Waals surface area contributed by atoms with Crippen molar-refractivity contribution in [1.82, 2.24) is 19.1 Å². The van der Waals surface area contributed by atoms with Crippen LogP contribution >= 0.6 is 0 Å². The lowest BCUT2D eigenvalue weighted by Crippen LogP contribution is -2.40. The molecule has 0 aromatic carbocycles. The highest BCUT2D eigenvalue weighted by atomic mass is 16.6. The number of nitrogens with one attached hydrogen (secondary N) is 1. The predicted molar refractivity (Wildman–Crippen MR) is 94.3 cm³/mol. The number of H-pyrrole nitrogens is 1. The van der Waals surface area contributed by atoms with Crippen LogP contribution in [-0.2, 0) is 16.0 Å². The highest BCUT2D eigenvalue weighted by molar-refractivity contribution is 5.03. The molecule has 0 aliphatic carbocycles. The van der Waals surface area contributed by atoms with E-state index >= 15 is 0 Å². The Morgan fingerprint density at radius 3 is 2.89 bits per heavy atom. The second-order valence-corrected chi connectivity index (χ2v) is 6.56. The molecule has 2 aromatic rings. The summed E-state index contributed by atoms with van der Waals surface area (Å²) in [7, 11) is 0. The quantitative estimate of drug-likeness (QED) is 0.509. The third-order valence-corrected chi connectivity index (χ3v) is 4.59. The maximum atomic E-state index is 12.2. The van der Waals surface area contributed by atoms with Crippen LogP contribution in [0.3, 0.4) is 0 Å². The highest BCUT2D eigenvalue weighted by Gasteiger charge is 2.45. The Hall–Kier alpha value is -2.27. The molecule has 4 atom stereocenters. The first kappa shape index (κ1) is 19.5. The summed E-state index contributed by atoms with van der Waals surface area (Å²) < 4.78 is 14.6. The average Bonchev–Trinajstić information content (AvgIpc) is 3.26. The Balaban J connectivity index is 1.66. The third kappa shape index (κ3) is 4.35. The molecule has 0 saturated carbocycles. The van der Waals surface area contributed by atoms with Gasteiger partial charge in [-0.05, 0) is 19.8 Å². The van der Waals surface area contributed by atoms with E-state index in [0.29, 0.717) is 12.2 Å². The minimum atomic E-state index is -1.09. The van der Waals surface area contributed by atoms with E-state index in [0.717, 1.165) is 19.4 Å². The fourth-order valence-corrected chi connectivity index (χ4v) is 3.08. The lowest BCUT2D eigenvalue weighted by atomic mass is 10.1. The van der Waals surface area contributed by atoms with Crippen molar-refractivity contribution in [3.63, 3.8) is 0 Å². The number of ether oxygens (including phenoxy) is 2. The Labute approximate surface area is 155 Å². The summed E-state index contributed by atoms with van der Waals surface area (Å²) in [6.07, 6.45) is 4.55. The summed E-state index contributed by atoms with van der Waals surface area (Å²) in [5.74, 6) is 0. The largest absolute Gasteiger partial charge is 0.394 e. The molecule has 1 saturated heterocycles. The second kappa shape index (κ2) is 8.61. The number of aryl methyl sites for hydroxylation is 2. The van der Waals surface area contributed by atoms with Crippen molar-refractivity contribution >= 4 is 0 Å². The number of hydrogen-bond acceptors (Lipinski definition) is 7. The Kier molecular flexibility index (Phi) is 6.22. The normalized spacial score (nSPS) is 25.1. The smallest absolute Gasteiger partial charge is 0.330 e. The minimum Gasteiger partial charge on any atom is -0.394 e. The van der Waals surface area contributed by atoms with Crippen LogP contribution in [-0.4, -0.2) is 60.8 Å². The molecule has 0 bridgehead atoms. The number of nitrogens with zero attached hydrogens (tertiary/aromatic N) is 3. The van der Waals surface area contributed by atoms with Crippen molar-refractivity contribution in [2.75, 3.05) is 13.2 Å². The van der Waals surface area contributed by atoms with Crippen LogP contribution in [0.2, 0.25) is 0 Å². The zero-order valence-electron chi connectivity index (χ0n) is 15.0. The van der Waals surface area contributed by atoms with Crippen LogP contribution in [0.15, 0.2) is 34.5 Å². The molecule has 1 fully saturated rings. The van der Waals surface area contributed by atoms with Gasteiger partial charge in [0.15, 0.2) is 6.23 Å². The standard InChI is InChI=1S/C17H24N4O6/c1-11-8-21(17(25)19-15(11)24)16-14(13(23)12(9-22)27-16)26-7-3-2-5-20-6-4-18-10-20/h4,6,8,10,12-14,16,22-23H,2-3,5,7,9H2,1H3,(H,19,24,25)/t12-,13-,14-,16-/m1/s1. The van der Waals surface area contributed by atoms with E-state index in [9.17, 15) is 19.8 Å². The van der Waals surface area contributed by atoms with Crippen LogP contribution in [0.25, 0.3) is 0 Å². The van der Waals surface area contributed by atoms with Crippen LogP contribution in [0, 0.1) is 6.92 Å². The van der Waals surface area contributed by atoms with Crippen LogP contribution in [0.4, 0.5) is 0 Å². The number of aromatic amines is 1. The van der Waals surface area contributed by atoms with Crippen molar-refractivity contribution in [2.45, 2.75) is 50.8 Å². The zero-order valence-corrected chi connectivity index (χ0v) is 15.0. The molecule has 0 spiro atoms. The van der Waals surface area contributed by atoms with Crippen molar-refractivity contribution in [3.05, 3.63) is 51.3 Å². The number of aromatic nitrogens is 4. The number of rotatable bonds is 8. The Bertz CT molecular complexity index is 846. The van der Waals surface area contributed by atoms with Gasteiger partial charge in [0.25, 0.3) is 5.56 Å². The molecule has 10 nitrogen and oxygen atoms in total. The molecule has 1 aliphatic heterocycles. The number of hydrogen-bond donors (Lipinski definition) is 3. The Morgan fingerprint density at radius 2 is 2.19 bits per heavy atom. The van der Waals surface area contributed by atoms with Gasteiger partial charge < -0.3 is 24.3 Å². The lowest BCUT2D eigenvalue weighted by Gasteiger charge is -2.22. The van der Waals surface area contributed by atoms with Gasteiger partial charge in [-0.1, -0.05) is 0 Å². The fraction of sp³-hybridized carbons (Fsp3) is 0.588. The molecule has 1 aliphatic rings. The lowest BCUT2D eigenvalue weighted by molar-refractivity contribution is -0.0750. The van der Waals surface area contributed by atoms with Gasteiger partial charge in [-0.3, -0.25) is 14.3 Å². The van der Waals surface area contributed by atoms with Crippen molar-refractivity contribution in [1.29, 1.82) is 0 Å². The molecule has 2 aromatic heterocycles. The van der Waals surface area contributed by atoms with Crippen LogP contribution in [0.1, 0.15) is 24.6 Å². The summed E-state index contributed by atoms with van der Waals surface area (Å²) >= 11 is 0. The van der Waals surface area contributed by atoms with Crippen LogP contribution in [0.5, 0.6) is 0 Å². The van der Waals surface area contributed by atoms with E-state index in [1.165, 1.54) is 10.8 Å². The summed E-state index contributed by atoms with van der Waals surface area (Å²) in [6, 6.07) is 0. The van der Waals surface area contributed by atoms with Gasteiger partial charge in [-0.15, -0.1) is 0 Å². The molecule has 0 unspecified atom stereocenters. The number of imidazole rings is 1. The predicted octanol–water partition coefficient (Wildman–Crippen LogP) is -0.842. The molecule has 27 heavy (non-hydrogen) atoms. The van der Waals surface area contributed by atoms with E-state index in [1.807, 2.05) is 10.8 Å². The van der Waals surface area contributed by atoms with E-state index in [2.05, 4.69) is 9.97 Å². The summed E-state index contributed by atoms with van der Waals surface area (Å²) in [6.45, 7) is 2.31. The summed E-state index contributed by atoms with van der Waals surface area (Å²) in [5, 5.41) is 19.8. The van der Waals surface area contributed by atoms with E-state index in [1.54, 1.807) is 19.4 Å². The van der Waals surface area contributed by atoms with Crippen LogP contribution < -0.4 is 11.2 Å². The molecule has 148 valence electrons. The molecule has 10 heteroatoms. The maximum absolute atomic E-state index is 12.2. The molecule has 0 amide bonds. The fourth-order valence-electron chi connectivity index (χ4n) is 3.08. The van der Waals surface area contributed by atoms with Gasteiger partial charge in [0, 0.05) is 37.3 Å². The summed E-state index contributed by atoms with van der Waals surface area (Å²) in [4.78, 5) is 29.9. The van der Waals surface area contributed by atoms with E-state index < -0.39 is 42.4 Å². The number of unbranched alkanes of at least 4 members (excludes halogenated alkanes) is 1. The van der Waals surface area contributed by atoms with Gasteiger partial charge in [-0.25, -0.2) is 9.78 Å². The topological polar surface area (TPSA) is 132 Å². The van der Waals surface area contributed by atoms with Gasteiger partial charge in [-0.2, -0.15) is 0 Å². The first-order chi connectivity index (χ1) is 13.0. The number of aliphatic hydroxyl groups excluding tert-OH is 2. The monoisotopic (exact) mass is 380 g/mol. The first-order valence-electron chi connectivity index (χ1n) is 8.85. The Morgan fingerprint density at radius 1 is 1.37 bits per heavy atom. The molecular weight excluding hydrogens is 356 g/mol. The molecule has 0 radical (unpaired) electrons. The zero-order chi connectivity index (χ0) is 19.4. The summed E-state index contributed by atoms with van der Waals surface area (Å²) in [5.41, 5.74) is -0.806. The maximum Gasteiger partial charge on any atom is 0.330 e. The third-order valence-electron chi connectivity index (χ3n) is 4.59. The van der Waals surface area contributed by atoms with Gasteiger partial charge in [0.05, 0.1) is 12.9 Å². The van der Waals surface area contributed by atoms with E-state index in [-0.39, 0.29) is 0 Å². The molecule has 3 heterocycles.